The predicted molar refractivity (Wildman–Crippen MR) is 90.8 cm³/mol. The van der Waals surface area contributed by atoms with E-state index in [1.807, 2.05) is 32.0 Å². The van der Waals surface area contributed by atoms with E-state index in [2.05, 4.69) is 27.4 Å². The lowest BCUT2D eigenvalue weighted by Crippen LogP contribution is -2.28. The molecule has 2 rings (SSSR count). The number of aromatic nitrogens is 2. The number of anilines is 1. The Labute approximate surface area is 141 Å². The Bertz CT molecular complexity index is 724. The molecule has 24 heavy (non-hydrogen) atoms. The van der Waals surface area contributed by atoms with Crippen molar-refractivity contribution in [2.45, 2.75) is 27.2 Å². The topological polar surface area (TPSA) is 89.3 Å². The van der Waals surface area contributed by atoms with Gasteiger partial charge in [0.05, 0.1) is 0 Å². The molecule has 0 aliphatic heterocycles. The van der Waals surface area contributed by atoms with Gasteiger partial charge < -0.3 is 19.8 Å². The molecule has 1 amide bonds. The van der Waals surface area contributed by atoms with Crippen molar-refractivity contribution in [3.63, 3.8) is 0 Å². The van der Waals surface area contributed by atoms with Crippen LogP contribution in [0.15, 0.2) is 34.9 Å². The number of hydrogen-bond donors (Lipinski definition) is 2. The third kappa shape index (κ3) is 5.42. The van der Waals surface area contributed by atoms with Crippen molar-refractivity contribution >= 4 is 11.9 Å². The van der Waals surface area contributed by atoms with Crippen molar-refractivity contribution in [2.75, 3.05) is 18.5 Å². The lowest BCUT2D eigenvalue weighted by atomic mass is 10.1. The minimum Gasteiger partial charge on any atom is -0.484 e. The maximum atomic E-state index is 11.9. The van der Waals surface area contributed by atoms with Gasteiger partial charge in [-0.3, -0.25) is 4.79 Å². The lowest BCUT2D eigenvalue weighted by molar-refractivity contribution is -0.122. The molecule has 2 N–H and O–H groups in total. The van der Waals surface area contributed by atoms with Gasteiger partial charge in [0.1, 0.15) is 5.75 Å². The number of carbonyl (C=O) groups excluding carboxylic acids is 1. The van der Waals surface area contributed by atoms with Crippen molar-refractivity contribution in [3.05, 3.63) is 47.5 Å². The Morgan fingerprint density at radius 3 is 2.71 bits per heavy atom. The summed E-state index contributed by atoms with van der Waals surface area (Å²) < 4.78 is 10.7. The first-order valence-corrected chi connectivity index (χ1v) is 7.65. The largest absolute Gasteiger partial charge is 0.484 e. The van der Waals surface area contributed by atoms with Crippen LogP contribution in [0.5, 0.6) is 5.75 Å². The van der Waals surface area contributed by atoms with Crippen LogP contribution in [0.2, 0.25) is 0 Å². The lowest BCUT2D eigenvalue weighted by Gasteiger charge is -2.10. The van der Waals surface area contributed by atoms with E-state index in [1.54, 1.807) is 6.92 Å². The molecular weight excluding hydrogens is 308 g/mol. The quantitative estimate of drug-likeness (QED) is 0.773. The molecule has 0 saturated heterocycles. The third-order valence-electron chi connectivity index (χ3n) is 3.39. The van der Waals surface area contributed by atoms with E-state index in [0.29, 0.717) is 36.3 Å². The highest BCUT2D eigenvalue weighted by atomic mass is 16.5. The summed E-state index contributed by atoms with van der Waals surface area (Å²) in [5.41, 5.74) is 2.90. The number of rotatable bonds is 8. The van der Waals surface area contributed by atoms with E-state index >= 15 is 0 Å². The van der Waals surface area contributed by atoms with E-state index in [4.69, 9.17) is 9.15 Å². The molecular formula is C17H22N4O3. The van der Waals surface area contributed by atoms with Gasteiger partial charge in [-0.15, -0.1) is 5.10 Å². The molecule has 128 valence electrons. The highest BCUT2D eigenvalue weighted by Crippen LogP contribution is 2.16. The highest BCUT2D eigenvalue weighted by molar-refractivity contribution is 5.79. The molecule has 0 atom stereocenters. The number of benzene rings is 1. The van der Waals surface area contributed by atoms with Gasteiger partial charge >= 0.3 is 6.01 Å². The smallest absolute Gasteiger partial charge is 0.315 e. The maximum absolute atomic E-state index is 11.9. The van der Waals surface area contributed by atoms with Gasteiger partial charge in [-0.25, -0.2) is 0 Å². The van der Waals surface area contributed by atoms with Crippen LogP contribution in [0.4, 0.5) is 6.01 Å². The standard InChI is InChI=1S/C17H22N4O3/c1-11-5-6-15(9-12(11)2)23-10-16(22)19-13(3)7-8-18-17-21-20-14(4)24-17/h5-6,9H,3,7-8,10H2,1-2,4H3,(H,18,21)(H,19,22). The Kier molecular flexibility index (Phi) is 5.95. The average molecular weight is 330 g/mol. The van der Waals surface area contributed by atoms with Crippen molar-refractivity contribution < 1.29 is 13.9 Å². The molecule has 0 unspecified atom stereocenters. The fraction of sp³-hybridized carbons (Fsp3) is 0.353. The number of nitrogens with one attached hydrogen (secondary N) is 2. The van der Waals surface area contributed by atoms with Crippen LogP contribution >= 0.6 is 0 Å². The molecule has 0 radical (unpaired) electrons. The zero-order valence-corrected chi connectivity index (χ0v) is 14.2. The van der Waals surface area contributed by atoms with Crippen LogP contribution in [0.1, 0.15) is 23.4 Å². The van der Waals surface area contributed by atoms with Gasteiger partial charge in [0.2, 0.25) is 5.89 Å². The number of carbonyl (C=O) groups is 1. The monoisotopic (exact) mass is 330 g/mol. The Morgan fingerprint density at radius 2 is 2.04 bits per heavy atom. The molecule has 7 nitrogen and oxygen atoms in total. The number of nitrogens with zero attached hydrogens (tertiary/aromatic N) is 2. The van der Waals surface area contributed by atoms with Crippen molar-refractivity contribution in [3.8, 4) is 5.75 Å². The fourth-order valence-electron chi connectivity index (χ4n) is 1.94. The van der Waals surface area contributed by atoms with Crippen LogP contribution in [0.25, 0.3) is 0 Å². The van der Waals surface area contributed by atoms with Crippen molar-refractivity contribution in [2.24, 2.45) is 0 Å². The molecule has 1 aromatic carbocycles. The minimum absolute atomic E-state index is 0.0577. The molecule has 1 aromatic heterocycles. The van der Waals surface area contributed by atoms with Crippen molar-refractivity contribution in [1.29, 1.82) is 0 Å². The summed E-state index contributed by atoms with van der Waals surface area (Å²) in [6.07, 6.45) is 0.538. The van der Waals surface area contributed by atoms with E-state index in [1.165, 1.54) is 5.56 Å². The summed E-state index contributed by atoms with van der Waals surface area (Å²) in [6.45, 7) is 10.0. The van der Waals surface area contributed by atoms with Gasteiger partial charge in [-0.05, 0) is 37.1 Å². The Morgan fingerprint density at radius 1 is 1.25 bits per heavy atom. The van der Waals surface area contributed by atoms with Gasteiger partial charge in [-0.1, -0.05) is 17.7 Å². The molecule has 0 aliphatic rings. The van der Waals surface area contributed by atoms with E-state index in [0.717, 1.165) is 5.56 Å². The number of ether oxygens (including phenoxy) is 1. The second-order valence-electron chi connectivity index (χ2n) is 5.49. The van der Waals surface area contributed by atoms with Crippen LogP contribution in [-0.2, 0) is 4.79 Å². The molecule has 0 fully saturated rings. The molecule has 7 heteroatoms. The van der Waals surface area contributed by atoms with E-state index < -0.39 is 0 Å². The molecule has 0 saturated carbocycles. The first-order chi connectivity index (χ1) is 11.4. The summed E-state index contributed by atoms with van der Waals surface area (Å²) in [7, 11) is 0. The van der Waals surface area contributed by atoms with Gasteiger partial charge in [0.25, 0.3) is 5.91 Å². The summed E-state index contributed by atoms with van der Waals surface area (Å²) in [6, 6.07) is 6.07. The van der Waals surface area contributed by atoms with E-state index in [9.17, 15) is 4.79 Å². The SMILES string of the molecule is C=C(CCNc1nnc(C)o1)NC(=O)COc1ccc(C)c(C)c1. The molecule has 0 bridgehead atoms. The third-order valence-corrected chi connectivity index (χ3v) is 3.39. The molecule has 0 spiro atoms. The summed E-state index contributed by atoms with van der Waals surface area (Å²) in [5.74, 6) is 0.923. The van der Waals surface area contributed by atoms with Gasteiger partial charge in [0, 0.05) is 25.6 Å². The maximum Gasteiger partial charge on any atom is 0.315 e. The predicted octanol–water partition coefficient (Wildman–Crippen LogP) is 2.51. The van der Waals surface area contributed by atoms with Crippen LogP contribution in [0.3, 0.4) is 0 Å². The first-order valence-electron chi connectivity index (χ1n) is 7.65. The second-order valence-corrected chi connectivity index (χ2v) is 5.49. The first kappa shape index (κ1) is 17.5. The number of aryl methyl sites for hydroxylation is 3. The van der Waals surface area contributed by atoms with Crippen LogP contribution in [-0.4, -0.2) is 29.3 Å². The molecule has 1 heterocycles. The Balaban J connectivity index is 1.67. The highest BCUT2D eigenvalue weighted by Gasteiger charge is 2.06. The summed E-state index contributed by atoms with van der Waals surface area (Å²) in [4.78, 5) is 11.9. The minimum atomic E-state index is -0.244. The second kappa shape index (κ2) is 8.14. The zero-order chi connectivity index (χ0) is 17.5. The molecule has 0 aliphatic carbocycles. The van der Waals surface area contributed by atoms with Gasteiger partial charge in [0.15, 0.2) is 6.61 Å². The van der Waals surface area contributed by atoms with Crippen LogP contribution < -0.4 is 15.4 Å². The van der Waals surface area contributed by atoms with Crippen LogP contribution in [0, 0.1) is 20.8 Å². The van der Waals surface area contributed by atoms with Gasteiger partial charge in [-0.2, -0.15) is 0 Å². The summed E-state index contributed by atoms with van der Waals surface area (Å²) >= 11 is 0. The zero-order valence-electron chi connectivity index (χ0n) is 14.2. The molecule has 2 aromatic rings. The average Bonchev–Trinajstić information content (AvgIpc) is 2.94. The number of hydrogen-bond acceptors (Lipinski definition) is 6. The normalized spacial score (nSPS) is 10.3. The van der Waals surface area contributed by atoms with Crippen molar-refractivity contribution in [1.82, 2.24) is 15.5 Å². The number of amides is 1. The fourth-order valence-corrected chi connectivity index (χ4v) is 1.94. The Hall–Kier alpha value is -2.83. The van der Waals surface area contributed by atoms with E-state index in [-0.39, 0.29) is 12.5 Å². The summed E-state index contributed by atoms with van der Waals surface area (Å²) in [5, 5.41) is 13.2.